The van der Waals surface area contributed by atoms with Gasteiger partial charge < -0.3 is 15.8 Å². The van der Waals surface area contributed by atoms with Crippen LogP contribution < -0.4 is 11.6 Å². The molecule has 0 fully saturated rings. The van der Waals surface area contributed by atoms with Gasteiger partial charge in [0.1, 0.15) is 0 Å². The predicted octanol–water partition coefficient (Wildman–Crippen LogP) is 0.0113. The van der Waals surface area contributed by atoms with Crippen LogP contribution in [0.2, 0.25) is 0 Å². The van der Waals surface area contributed by atoms with Crippen molar-refractivity contribution in [2.45, 2.75) is 20.3 Å². The molecule has 0 amide bonds. The van der Waals surface area contributed by atoms with Crippen LogP contribution in [0.25, 0.3) is 0 Å². The highest BCUT2D eigenvalue weighted by Gasteiger charge is 1.94. The molecule has 0 aromatic rings. The minimum Gasteiger partial charge on any atom is -0.330 e. The Labute approximate surface area is 69.1 Å². The molecule has 0 radical (unpaired) electrons. The third kappa shape index (κ3) is 9.84. The molecule has 0 atom stereocenters. The fourth-order valence-corrected chi connectivity index (χ4v) is 0.855. The van der Waals surface area contributed by atoms with Crippen molar-refractivity contribution >= 4 is 0 Å². The highest BCUT2D eigenvalue weighted by Crippen LogP contribution is 1.87. The first-order valence-electron chi connectivity index (χ1n) is 4.03. The van der Waals surface area contributed by atoms with Gasteiger partial charge >= 0.3 is 0 Å². The summed E-state index contributed by atoms with van der Waals surface area (Å²) in [4.78, 5) is 2.38. The fraction of sp³-hybridized carbons (Fsp3) is 1.00. The number of rotatable bonds is 5. The quantitative estimate of drug-likeness (QED) is 0.499. The van der Waals surface area contributed by atoms with Crippen LogP contribution >= 0.6 is 0 Å². The second kappa shape index (κ2) is 12.5. The van der Waals surface area contributed by atoms with E-state index in [2.05, 4.69) is 24.6 Å². The molecule has 0 bridgehead atoms. The van der Waals surface area contributed by atoms with Crippen molar-refractivity contribution in [1.82, 2.24) is 4.90 Å². The van der Waals surface area contributed by atoms with E-state index in [1.807, 2.05) is 0 Å². The molecule has 4 heteroatoms. The Morgan fingerprint density at radius 2 is 1.64 bits per heavy atom. The average Bonchev–Trinajstić information content (AvgIpc) is 2.10. The molecule has 0 aromatic heterocycles. The van der Waals surface area contributed by atoms with E-state index in [0.29, 0.717) is 0 Å². The van der Waals surface area contributed by atoms with E-state index in [9.17, 15) is 0 Å². The average molecular weight is 163 g/mol. The Kier molecular flexibility index (Phi) is 15.3. The standard InChI is InChI=1S/C7H18N2.H3NO/c1-3-9(4-2)7-5-6-8;1-2/h3-8H2,1-2H3;2H,1H2. The van der Waals surface area contributed by atoms with E-state index in [-0.39, 0.29) is 0 Å². The first-order chi connectivity index (χ1) is 5.35. The van der Waals surface area contributed by atoms with Crippen LogP contribution in [0.4, 0.5) is 0 Å². The Hall–Kier alpha value is -0.160. The topological polar surface area (TPSA) is 75.5 Å². The number of hydrogen-bond acceptors (Lipinski definition) is 4. The van der Waals surface area contributed by atoms with Gasteiger partial charge in [0, 0.05) is 0 Å². The third-order valence-corrected chi connectivity index (χ3v) is 1.57. The van der Waals surface area contributed by atoms with Gasteiger partial charge in [-0.1, -0.05) is 13.8 Å². The SMILES string of the molecule is CCN(CC)CCCN.NO. The molecule has 0 aliphatic heterocycles. The lowest BCUT2D eigenvalue weighted by Gasteiger charge is -2.16. The molecule has 5 N–H and O–H groups in total. The molecule has 0 aliphatic rings. The van der Waals surface area contributed by atoms with Crippen molar-refractivity contribution in [2.24, 2.45) is 11.6 Å². The van der Waals surface area contributed by atoms with Crippen molar-refractivity contribution in [2.75, 3.05) is 26.2 Å². The molecular formula is C7H21N3O. The summed E-state index contributed by atoms with van der Waals surface area (Å²) in [5.41, 5.74) is 5.36. The Bertz CT molecular complexity index is 57.6. The van der Waals surface area contributed by atoms with Crippen molar-refractivity contribution in [3.8, 4) is 0 Å². The first kappa shape index (κ1) is 13.4. The summed E-state index contributed by atoms with van der Waals surface area (Å²) in [7, 11) is 0. The van der Waals surface area contributed by atoms with E-state index < -0.39 is 0 Å². The van der Waals surface area contributed by atoms with Gasteiger partial charge in [-0.2, -0.15) is 0 Å². The van der Waals surface area contributed by atoms with Crippen LogP contribution in [0.15, 0.2) is 0 Å². The van der Waals surface area contributed by atoms with Crippen molar-refractivity contribution < 1.29 is 5.21 Å². The van der Waals surface area contributed by atoms with Crippen LogP contribution in [0, 0.1) is 0 Å². The molecule has 0 rings (SSSR count). The lowest BCUT2D eigenvalue weighted by atomic mass is 10.4. The smallest absolute Gasteiger partial charge is 0.000695 e. The van der Waals surface area contributed by atoms with Crippen molar-refractivity contribution in [3.05, 3.63) is 0 Å². The molecule has 0 aromatic carbocycles. The van der Waals surface area contributed by atoms with Gasteiger partial charge in [0.2, 0.25) is 0 Å². The molecule has 11 heavy (non-hydrogen) atoms. The summed E-state index contributed by atoms with van der Waals surface area (Å²) in [6.07, 6.45) is 1.13. The van der Waals surface area contributed by atoms with Crippen molar-refractivity contribution in [3.63, 3.8) is 0 Å². The predicted molar refractivity (Wildman–Crippen MR) is 47.4 cm³/mol. The van der Waals surface area contributed by atoms with Gasteiger partial charge in [0.05, 0.1) is 0 Å². The molecule has 70 valence electrons. The first-order valence-corrected chi connectivity index (χ1v) is 4.03. The maximum absolute atomic E-state index is 6.50. The van der Waals surface area contributed by atoms with Crippen LogP contribution in [-0.2, 0) is 0 Å². The minimum absolute atomic E-state index is 0.816. The molecule has 0 unspecified atom stereocenters. The summed E-state index contributed by atoms with van der Waals surface area (Å²) in [6, 6.07) is 0. The van der Waals surface area contributed by atoms with Gasteiger partial charge in [-0.05, 0) is 32.6 Å². The second-order valence-corrected chi connectivity index (χ2v) is 2.17. The highest BCUT2D eigenvalue weighted by molar-refractivity contribution is 4.51. The summed E-state index contributed by atoms with van der Waals surface area (Å²) >= 11 is 0. The van der Waals surface area contributed by atoms with E-state index in [1.165, 1.54) is 0 Å². The third-order valence-electron chi connectivity index (χ3n) is 1.57. The summed E-state index contributed by atoms with van der Waals surface area (Å²) in [5.74, 6) is 3.50. The van der Waals surface area contributed by atoms with Crippen LogP contribution in [0.3, 0.4) is 0 Å². The van der Waals surface area contributed by atoms with Gasteiger partial charge in [-0.25, -0.2) is 5.90 Å². The van der Waals surface area contributed by atoms with Crippen LogP contribution in [-0.4, -0.2) is 36.3 Å². The number of nitrogens with two attached hydrogens (primary N) is 2. The van der Waals surface area contributed by atoms with E-state index in [4.69, 9.17) is 10.9 Å². The van der Waals surface area contributed by atoms with Crippen LogP contribution in [0.5, 0.6) is 0 Å². The Morgan fingerprint density at radius 1 is 1.18 bits per heavy atom. The zero-order valence-electron chi connectivity index (χ0n) is 7.58. The van der Waals surface area contributed by atoms with E-state index in [1.54, 1.807) is 0 Å². The highest BCUT2D eigenvalue weighted by atomic mass is 16.4. The number of nitrogens with zero attached hydrogens (tertiary/aromatic N) is 1. The molecule has 0 aliphatic carbocycles. The second-order valence-electron chi connectivity index (χ2n) is 2.17. The summed E-state index contributed by atoms with van der Waals surface area (Å²) in [5, 5.41) is 6.50. The largest absolute Gasteiger partial charge is 0.330 e. The van der Waals surface area contributed by atoms with Gasteiger partial charge in [0.15, 0.2) is 0 Å². The maximum Gasteiger partial charge on any atom is -0.000695 e. The zero-order valence-corrected chi connectivity index (χ0v) is 7.58. The van der Waals surface area contributed by atoms with E-state index in [0.717, 1.165) is 32.6 Å². The summed E-state index contributed by atoms with van der Waals surface area (Å²) in [6.45, 7) is 8.63. The molecule has 0 saturated carbocycles. The Balaban J connectivity index is 0. The monoisotopic (exact) mass is 163 g/mol. The van der Waals surface area contributed by atoms with Gasteiger partial charge in [-0.3, -0.25) is 0 Å². The minimum atomic E-state index is 0.816. The fourth-order valence-electron chi connectivity index (χ4n) is 0.855. The number of hydrogen-bond donors (Lipinski definition) is 3. The molecule has 0 heterocycles. The molecular weight excluding hydrogens is 142 g/mol. The molecule has 4 nitrogen and oxygen atoms in total. The maximum atomic E-state index is 6.50. The molecule has 0 saturated heterocycles. The lowest BCUT2D eigenvalue weighted by Crippen LogP contribution is -2.25. The lowest BCUT2D eigenvalue weighted by molar-refractivity contribution is 0.302. The zero-order chi connectivity index (χ0) is 9.11. The summed E-state index contributed by atoms with van der Waals surface area (Å²) < 4.78 is 0. The van der Waals surface area contributed by atoms with Gasteiger partial charge in [0.25, 0.3) is 0 Å². The molecule has 0 spiro atoms. The van der Waals surface area contributed by atoms with Crippen molar-refractivity contribution in [1.29, 1.82) is 0 Å². The van der Waals surface area contributed by atoms with Gasteiger partial charge in [-0.15, -0.1) is 0 Å². The van der Waals surface area contributed by atoms with Crippen LogP contribution in [0.1, 0.15) is 20.3 Å². The van der Waals surface area contributed by atoms with E-state index >= 15 is 0 Å². The normalized spacial score (nSPS) is 9.27. The Morgan fingerprint density at radius 3 is 1.91 bits per heavy atom.